The number of allylic oxidation sites excluding steroid dienone is 2. The second kappa shape index (κ2) is 3.59. The molecule has 4 aliphatic carbocycles. The van der Waals surface area contributed by atoms with Gasteiger partial charge in [-0.3, -0.25) is 4.79 Å². The SMILES string of the molecule is O=C(C=C1C2CC3CC(C2)CC1C3)C(F)(F)F. The van der Waals surface area contributed by atoms with Crippen LogP contribution in [-0.2, 0) is 4.79 Å². The van der Waals surface area contributed by atoms with Crippen LogP contribution in [0.15, 0.2) is 11.6 Å². The molecule has 0 aromatic heterocycles. The van der Waals surface area contributed by atoms with Gasteiger partial charge in [0.1, 0.15) is 0 Å². The molecule has 0 unspecified atom stereocenters. The number of carbonyl (C=O) groups is 1. The molecule has 4 bridgehead atoms. The van der Waals surface area contributed by atoms with Gasteiger partial charge in [-0.2, -0.15) is 13.2 Å². The lowest BCUT2D eigenvalue weighted by Gasteiger charge is -2.51. The van der Waals surface area contributed by atoms with Gasteiger partial charge in [0, 0.05) is 0 Å². The average Bonchev–Trinajstić information content (AvgIpc) is 2.20. The molecule has 4 aliphatic rings. The summed E-state index contributed by atoms with van der Waals surface area (Å²) < 4.78 is 36.8. The largest absolute Gasteiger partial charge is 0.454 e. The molecule has 94 valence electrons. The maximum absolute atomic E-state index is 12.3. The van der Waals surface area contributed by atoms with E-state index in [-0.39, 0.29) is 11.8 Å². The van der Waals surface area contributed by atoms with Gasteiger partial charge in [-0.1, -0.05) is 5.57 Å². The first kappa shape index (κ1) is 11.3. The summed E-state index contributed by atoms with van der Waals surface area (Å²) >= 11 is 0. The zero-order valence-corrected chi connectivity index (χ0v) is 9.46. The summed E-state index contributed by atoms with van der Waals surface area (Å²) in [5, 5.41) is 0. The molecule has 4 saturated carbocycles. The molecule has 17 heavy (non-hydrogen) atoms. The van der Waals surface area contributed by atoms with Crippen molar-refractivity contribution in [2.45, 2.75) is 38.3 Å². The third kappa shape index (κ3) is 1.91. The van der Waals surface area contributed by atoms with Crippen molar-refractivity contribution in [1.29, 1.82) is 0 Å². The molecule has 0 N–H and O–H groups in total. The minimum atomic E-state index is -4.71. The van der Waals surface area contributed by atoms with Gasteiger partial charge in [0.25, 0.3) is 5.78 Å². The lowest BCUT2D eigenvalue weighted by Crippen LogP contribution is -2.41. The van der Waals surface area contributed by atoms with Crippen LogP contribution in [0.1, 0.15) is 32.1 Å². The fourth-order valence-corrected chi connectivity index (χ4v) is 4.20. The highest BCUT2D eigenvalue weighted by Gasteiger charge is 2.46. The Morgan fingerprint density at radius 2 is 1.47 bits per heavy atom. The molecule has 0 radical (unpaired) electrons. The summed E-state index contributed by atoms with van der Waals surface area (Å²) in [5.41, 5.74) is 0.805. The maximum Gasteiger partial charge on any atom is 0.454 e. The Kier molecular flexibility index (Phi) is 2.39. The van der Waals surface area contributed by atoms with Crippen LogP contribution in [0.4, 0.5) is 13.2 Å². The van der Waals surface area contributed by atoms with Gasteiger partial charge in [-0.05, 0) is 61.9 Å². The van der Waals surface area contributed by atoms with E-state index in [0.29, 0.717) is 11.8 Å². The van der Waals surface area contributed by atoms with Crippen LogP contribution in [0, 0.1) is 23.7 Å². The lowest BCUT2D eigenvalue weighted by atomic mass is 9.54. The van der Waals surface area contributed by atoms with Crippen molar-refractivity contribution in [3.05, 3.63) is 11.6 Å². The first-order valence-corrected chi connectivity index (χ1v) is 6.26. The Balaban J connectivity index is 1.85. The molecule has 0 aromatic carbocycles. The molecule has 1 nitrogen and oxygen atoms in total. The van der Waals surface area contributed by atoms with Crippen molar-refractivity contribution in [2.75, 3.05) is 0 Å². The van der Waals surface area contributed by atoms with E-state index < -0.39 is 12.0 Å². The zero-order chi connectivity index (χ0) is 12.2. The molecule has 0 aromatic rings. The molecule has 0 spiro atoms. The first-order valence-electron chi connectivity index (χ1n) is 6.26. The Bertz CT molecular complexity index is 351. The molecular formula is C13H15F3O. The summed E-state index contributed by atoms with van der Waals surface area (Å²) in [4.78, 5) is 11.1. The lowest BCUT2D eigenvalue weighted by molar-refractivity contribution is -0.165. The highest BCUT2D eigenvalue weighted by Crippen LogP contribution is 2.56. The van der Waals surface area contributed by atoms with E-state index in [1.165, 1.54) is 6.42 Å². The van der Waals surface area contributed by atoms with Gasteiger partial charge >= 0.3 is 6.18 Å². The quantitative estimate of drug-likeness (QED) is 0.645. The Hall–Kier alpha value is -0.800. The van der Waals surface area contributed by atoms with E-state index in [9.17, 15) is 18.0 Å². The van der Waals surface area contributed by atoms with Gasteiger partial charge < -0.3 is 0 Å². The van der Waals surface area contributed by atoms with E-state index in [1.54, 1.807) is 0 Å². The second-order valence-corrected chi connectivity index (χ2v) is 5.81. The van der Waals surface area contributed by atoms with E-state index in [0.717, 1.165) is 37.3 Å². The molecule has 0 heterocycles. The van der Waals surface area contributed by atoms with Crippen LogP contribution in [0.5, 0.6) is 0 Å². The van der Waals surface area contributed by atoms with E-state index in [4.69, 9.17) is 0 Å². The topological polar surface area (TPSA) is 17.1 Å². The first-order chi connectivity index (χ1) is 7.93. The van der Waals surface area contributed by atoms with Crippen molar-refractivity contribution in [2.24, 2.45) is 23.7 Å². The number of hydrogen-bond donors (Lipinski definition) is 0. The van der Waals surface area contributed by atoms with Crippen LogP contribution < -0.4 is 0 Å². The molecular weight excluding hydrogens is 229 g/mol. The number of hydrogen-bond acceptors (Lipinski definition) is 1. The summed E-state index contributed by atoms with van der Waals surface area (Å²) in [5.74, 6) is 0.265. The Morgan fingerprint density at radius 3 is 1.88 bits per heavy atom. The number of carbonyl (C=O) groups excluding carboxylic acids is 1. The van der Waals surface area contributed by atoms with Crippen molar-refractivity contribution in [3.8, 4) is 0 Å². The minimum Gasteiger partial charge on any atom is -0.285 e. The molecule has 4 heteroatoms. The van der Waals surface area contributed by atoms with Crippen LogP contribution in [-0.4, -0.2) is 12.0 Å². The molecule has 0 saturated heterocycles. The van der Waals surface area contributed by atoms with E-state index >= 15 is 0 Å². The van der Waals surface area contributed by atoms with Crippen molar-refractivity contribution in [1.82, 2.24) is 0 Å². The minimum absolute atomic E-state index is 0.262. The molecule has 0 atom stereocenters. The highest BCUT2D eigenvalue weighted by molar-refractivity contribution is 5.95. The maximum atomic E-state index is 12.3. The number of alkyl halides is 3. The third-order valence-electron chi connectivity index (χ3n) is 4.66. The van der Waals surface area contributed by atoms with Crippen LogP contribution in [0.3, 0.4) is 0 Å². The fraction of sp³-hybridized carbons (Fsp3) is 0.769. The van der Waals surface area contributed by atoms with Gasteiger partial charge in [0.2, 0.25) is 0 Å². The van der Waals surface area contributed by atoms with Crippen LogP contribution in [0.25, 0.3) is 0 Å². The second-order valence-electron chi connectivity index (χ2n) is 5.81. The average molecular weight is 244 g/mol. The fourth-order valence-electron chi connectivity index (χ4n) is 4.20. The smallest absolute Gasteiger partial charge is 0.285 e. The number of rotatable bonds is 1. The monoisotopic (exact) mass is 244 g/mol. The van der Waals surface area contributed by atoms with Gasteiger partial charge in [-0.25, -0.2) is 0 Å². The van der Waals surface area contributed by atoms with Gasteiger partial charge in [0.15, 0.2) is 0 Å². The predicted molar refractivity (Wildman–Crippen MR) is 56.2 cm³/mol. The highest BCUT2D eigenvalue weighted by atomic mass is 19.4. The number of ketones is 1. The number of halogens is 3. The van der Waals surface area contributed by atoms with Crippen molar-refractivity contribution in [3.63, 3.8) is 0 Å². The molecule has 0 aliphatic heterocycles. The predicted octanol–water partition coefficient (Wildman–Crippen LogP) is 3.50. The Labute approximate surface area is 98.1 Å². The Morgan fingerprint density at radius 1 is 1.00 bits per heavy atom. The summed E-state index contributed by atoms with van der Waals surface area (Å²) in [6.45, 7) is 0. The standard InChI is InChI=1S/C13H15F3O/c14-13(15,16)12(17)6-11-9-2-7-1-8(4-9)5-10(11)3-7/h6-10H,1-5H2. The zero-order valence-electron chi connectivity index (χ0n) is 9.46. The molecule has 0 amide bonds. The molecule has 4 fully saturated rings. The van der Waals surface area contributed by atoms with E-state index in [1.807, 2.05) is 0 Å². The van der Waals surface area contributed by atoms with Crippen molar-refractivity contribution < 1.29 is 18.0 Å². The summed E-state index contributed by atoms with van der Waals surface area (Å²) in [7, 11) is 0. The van der Waals surface area contributed by atoms with Gasteiger partial charge in [-0.15, -0.1) is 0 Å². The summed E-state index contributed by atoms with van der Waals surface area (Å²) in [6, 6.07) is 0. The third-order valence-corrected chi connectivity index (χ3v) is 4.66. The van der Waals surface area contributed by atoms with Crippen molar-refractivity contribution >= 4 is 5.78 Å². The van der Waals surface area contributed by atoms with Gasteiger partial charge in [0.05, 0.1) is 0 Å². The normalized spacial score (nSPS) is 39.6. The molecule has 4 rings (SSSR count). The van der Waals surface area contributed by atoms with E-state index in [2.05, 4.69) is 0 Å². The summed E-state index contributed by atoms with van der Waals surface area (Å²) in [6.07, 6.45) is 1.48. The van der Waals surface area contributed by atoms with Crippen LogP contribution in [0.2, 0.25) is 0 Å². The van der Waals surface area contributed by atoms with Crippen LogP contribution >= 0.6 is 0 Å².